The molecule has 0 fully saturated rings. The van der Waals surface area contributed by atoms with Crippen molar-refractivity contribution in [1.29, 1.82) is 0 Å². The number of aromatic nitrogens is 1. The molecule has 3 N–H and O–H groups in total. The van der Waals surface area contributed by atoms with Crippen LogP contribution in [0.25, 0.3) is 5.57 Å². The molecule has 0 aliphatic rings. The summed E-state index contributed by atoms with van der Waals surface area (Å²) in [5, 5.41) is 20.1. The Morgan fingerprint density at radius 1 is 0.512 bits per heavy atom. The number of rotatable bonds is 31. The topological polar surface area (TPSA) is 56.2 Å². The Labute approximate surface area is 256 Å². The fourth-order valence-electron chi connectivity index (χ4n) is 6.15. The van der Waals surface area contributed by atoms with Gasteiger partial charge in [-0.3, -0.25) is 4.98 Å². The molecular formula is C38H71NO2. The number of H-pyrrole nitrogens is 1. The van der Waals surface area contributed by atoms with E-state index in [1.807, 2.05) is 0 Å². The first-order chi connectivity index (χ1) is 20.2. The Kier molecular flexibility index (Phi) is 26.4. The van der Waals surface area contributed by atoms with Gasteiger partial charge in [0.1, 0.15) is 0 Å². The molecule has 3 nitrogen and oxygen atoms in total. The first kappa shape index (κ1) is 37.6. The van der Waals surface area contributed by atoms with E-state index in [4.69, 9.17) is 0 Å². The van der Waals surface area contributed by atoms with Crippen molar-refractivity contribution < 1.29 is 10.2 Å². The normalized spacial score (nSPS) is 12.0. The Hall–Kier alpha value is -1.38. The lowest BCUT2D eigenvalue weighted by atomic mass is 9.98. The van der Waals surface area contributed by atoms with E-state index in [0.29, 0.717) is 0 Å². The summed E-state index contributed by atoms with van der Waals surface area (Å²) >= 11 is 0. The fourth-order valence-corrected chi connectivity index (χ4v) is 6.15. The first-order valence-corrected chi connectivity index (χ1v) is 18.5. The van der Waals surface area contributed by atoms with Crippen LogP contribution in [0, 0.1) is 0 Å². The van der Waals surface area contributed by atoms with Crippen LogP contribution in [-0.4, -0.2) is 15.2 Å². The van der Waals surface area contributed by atoms with E-state index in [1.165, 1.54) is 179 Å². The van der Waals surface area contributed by atoms with Gasteiger partial charge >= 0.3 is 0 Å². The van der Waals surface area contributed by atoms with E-state index < -0.39 is 0 Å². The highest BCUT2D eigenvalue weighted by Crippen LogP contribution is 2.32. The monoisotopic (exact) mass is 574 g/mol. The Morgan fingerprint density at radius 3 is 1.20 bits per heavy atom. The van der Waals surface area contributed by atoms with Gasteiger partial charge in [0, 0.05) is 11.6 Å². The van der Waals surface area contributed by atoms with Crippen molar-refractivity contribution >= 4 is 5.57 Å². The minimum atomic E-state index is 0.0560. The molecule has 0 aromatic carbocycles. The summed E-state index contributed by atoms with van der Waals surface area (Å²) in [7, 11) is 0. The molecule has 1 rings (SSSR count). The molecule has 0 bridgehead atoms. The minimum absolute atomic E-state index is 0.0560. The number of hydrogen-bond acceptors (Lipinski definition) is 2. The second-order valence-corrected chi connectivity index (χ2v) is 12.9. The van der Waals surface area contributed by atoms with Crippen molar-refractivity contribution in [1.82, 2.24) is 4.98 Å². The van der Waals surface area contributed by atoms with Gasteiger partial charge in [-0.1, -0.05) is 187 Å². The lowest BCUT2D eigenvalue weighted by Gasteiger charge is -2.08. The molecule has 0 saturated heterocycles. The van der Waals surface area contributed by atoms with E-state index in [-0.39, 0.29) is 11.8 Å². The van der Waals surface area contributed by atoms with Crippen LogP contribution in [0.3, 0.4) is 0 Å². The zero-order valence-electron chi connectivity index (χ0n) is 27.8. The van der Waals surface area contributed by atoms with Crippen LogP contribution >= 0.6 is 0 Å². The van der Waals surface area contributed by atoms with Crippen molar-refractivity contribution in [2.24, 2.45) is 0 Å². The summed E-state index contributed by atoms with van der Waals surface area (Å²) in [5.74, 6) is 0.167. The van der Waals surface area contributed by atoms with Gasteiger partial charge in [-0.2, -0.15) is 0 Å². The third kappa shape index (κ3) is 22.8. The molecule has 0 saturated carbocycles. The Bertz CT molecular complexity index is 707. The Balaban J connectivity index is 2.09. The van der Waals surface area contributed by atoms with Gasteiger partial charge in [0.2, 0.25) is 0 Å². The van der Waals surface area contributed by atoms with E-state index in [9.17, 15) is 10.2 Å². The molecule has 0 spiro atoms. The maximum absolute atomic E-state index is 10.3. The molecule has 0 atom stereocenters. The zero-order chi connectivity index (χ0) is 29.6. The van der Waals surface area contributed by atoms with Gasteiger partial charge in [-0.05, 0) is 31.3 Å². The fraction of sp³-hybridized carbons (Fsp3) is 0.842. The summed E-state index contributed by atoms with van der Waals surface area (Å²) in [6.45, 7) is 4.58. The quantitative estimate of drug-likeness (QED) is 0.0774. The summed E-state index contributed by atoms with van der Waals surface area (Å²) in [6, 6.07) is 1.69. The van der Waals surface area contributed by atoms with Crippen LogP contribution < -0.4 is 0 Å². The summed E-state index contributed by atoms with van der Waals surface area (Å²) < 4.78 is 0. The maximum Gasteiger partial charge on any atom is 0.198 e. The van der Waals surface area contributed by atoms with Crippen LogP contribution in [0.2, 0.25) is 0 Å². The largest absolute Gasteiger partial charge is 0.494 e. The van der Waals surface area contributed by atoms with Crippen molar-refractivity contribution in [3.05, 3.63) is 17.7 Å². The second-order valence-electron chi connectivity index (χ2n) is 12.9. The highest BCUT2D eigenvalue weighted by Gasteiger charge is 2.11. The van der Waals surface area contributed by atoms with Crippen molar-refractivity contribution in [2.45, 2.75) is 206 Å². The molecule has 240 valence electrons. The lowest BCUT2D eigenvalue weighted by Crippen LogP contribution is -1.87. The minimum Gasteiger partial charge on any atom is -0.494 e. The van der Waals surface area contributed by atoms with E-state index in [0.717, 1.165) is 24.8 Å². The van der Waals surface area contributed by atoms with E-state index in [1.54, 1.807) is 6.07 Å². The molecule has 1 aromatic heterocycles. The average Bonchev–Trinajstić information content (AvgIpc) is 3.31. The SMILES string of the molecule is CCCCCCCCCCCCCCCCCCC=C(CCCCCCCCCCCCCC)c1cc(O)[nH]c1O. The number of unbranched alkanes of at least 4 members (excludes halogenated alkanes) is 27. The lowest BCUT2D eigenvalue weighted by molar-refractivity contribution is 0.424. The zero-order valence-corrected chi connectivity index (χ0v) is 27.8. The van der Waals surface area contributed by atoms with Gasteiger partial charge < -0.3 is 10.2 Å². The van der Waals surface area contributed by atoms with Crippen LogP contribution in [0.15, 0.2) is 12.1 Å². The highest BCUT2D eigenvalue weighted by atomic mass is 16.3. The summed E-state index contributed by atoms with van der Waals surface area (Å²) in [6.07, 6.45) is 43.0. The van der Waals surface area contributed by atoms with Crippen LogP contribution in [0.1, 0.15) is 212 Å². The molecule has 0 radical (unpaired) electrons. The van der Waals surface area contributed by atoms with Crippen molar-refractivity contribution in [3.63, 3.8) is 0 Å². The molecule has 0 amide bonds. The maximum atomic E-state index is 10.3. The molecule has 41 heavy (non-hydrogen) atoms. The molecule has 1 heterocycles. The van der Waals surface area contributed by atoms with Crippen molar-refractivity contribution in [2.75, 3.05) is 0 Å². The summed E-state index contributed by atoms with van der Waals surface area (Å²) in [4.78, 5) is 2.66. The number of allylic oxidation sites excluding steroid dienone is 2. The smallest absolute Gasteiger partial charge is 0.198 e. The number of aromatic hydroxyl groups is 2. The molecule has 0 unspecified atom stereocenters. The predicted molar refractivity (Wildman–Crippen MR) is 182 cm³/mol. The number of hydrogen-bond donors (Lipinski definition) is 3. The summed E-state index contributed by atoms with van der Waals surface area (Å²) in [5.41, 5.74) is 1.99. The van der Waals surface area contributed by atoms with Crippen molar-refractivity contribution in [3.8, 4) is 11.8 Å². The van der Waals surface area contributed by atoms with Crippen LogP contribution in [0.4, 0.5) is 0 Å². The van der Waals surface area contributed by atoms with E-state index in [2.05, 4.69) is 24.9 Å². The molecule has 0 aliphatic heterocycles. The number of aromatic amines is 1. The molecular weight excluding hydrogens is 502 g/mol. The van der Waals surface area contributed by atoms with Crippen LogP contribution in [0.5, 0.6) is 11.8 Å². The standard InChI is InChI=1S/C38H71NO2/c1-3-5-7-9-11-13-15-17-18-19-20-21-23-25-27-29-31-33-35(36-34-37(40)39-38(36)41)32-30-28-26-24-22-16-14-12-10-8-6-4-2/h33-34,39-41H,3-32H2,1-2H3. The highest BCUT2D eigenvalue weighted by molar-refractivity contribution is 5.70. The predicted octanol–water partition coefficient (Wildman–Crippen LogP) is 13.6. The number of nitrogens with one attached hydrogen (secondary N) is 1. The van der Waals surface area contributed by atoms with Gasteiger partial charge in [0.25, 0.3) is 0 Å². The molecule has 0 aliphatic carbocycles. The van der Waals surface area contributed by atoms with Gasteiger partial charge in [-0.15, -0.1) is 0 Å². The van der Waals surface area contributed by atoms with Gasteiger partial charge in [-0.25, -0.2) is 0 Å². The molecule has 1 aromatic rings. The third-order valence-electron chi connectivity index (χ3n) is 8.88. The third-order valence-corrected chi connectivity index (χ3v) is 8.88. The van der Waals surface area contributed by atoms with E-state index >= 15 is 0 Å². The Morgan fingerprint density at radius 2 is 0.854 bits per heavy atom. The first-order valence-electron chi connectivity index (χ1n) is 18.5. The molecule has 3 heteroatoms. The van der Waals surface area contributed by atoms with Gasteiger partial charge in [0.15, 0.2) is 11.8 Å². The average molecular weight is 574 g/mol. The van der Waals surface area contributed by atoms with Gasteiger partial charge in [0.05, 0.1) is 0 Å². The second kappa shape index (κ2) is 28.7. The van der Waals surface area contributed by atoms with Crippen LogP contribution in [-0.2, 0) is 0 Å².